The van der Waals surface area contributed by atoms with Crippen LogP contribution in [0.5, 0.6) is 0 Å². The first-order valence-corrected chi connectivity index (χ1v) is 20.1. The van der Waals surface area contributed by atoms with Gasteiger partial charge in [0.05, 0.1) is 0 Å². The molecule has 0 saturated carbocycles. The highest BCUT2D eigenvalue weighted by Gasteiger charge is 2.39. The van der Waals surface area contributed by atoms with Crippen LogP contribution in [0, 0.1) is 0 Å². The summed E-state index contributed by atoms with van der Waals surface area (Å²) in [5.41, 5.74) is 22.2. The SMILES string of the molecule is CC1(C)c2ccccc2-c2ccc(N(c3ccc(-c4c5c(cc6ccccc46)C(C)(C)c4ccccc4-5)cc3)c3ccc4c(c3)C(C)(C)c3ccccc3-4)cc21. The highest BCUT2D eigenvalue weighted by atomic mass is 15.1. The number of hydrogen-bond acceptors (Lipinski definition) is 1. The van der Waals surface area contributed by atoms with Crippen LogP contribution >= 0.6 is 0 Å². The first kappa shape index (κ1) is 33.2. The van der Waals surface area contributed by atoms with E-state index in [2.05, 4.69) is 210 Å². The monoisotopic (exact) mass is 719 g/mol. The van der Waals surface area contributed by atoms with Gasteiger partial charge in [0, 0.05) is 33.3 Å². The smallest absolute Gasteiger partial charge is 0.0465 e. The molecular weight excluding hydrogens is 675 g/mol. The molecule has 0 bridgehead atoms. The average molecular weight is 720 g/mol. The third kappa shape index (κ3) is 4.43. The summed E-state index contributed by atoms with van der Waals surface area (Å²) in [7, 11) is 0. The van der Waals surface area contributed by atoms with Crippen molar-refractivity contribution in [3.63, 3.8) is 0 Å². The predicted octanol–water partition coefficient (Wildman–Crippen LogP) is 14.9. The molecule has 8 aromatic carbocycles. The van der Waals surface area contributed by atoms with E-state index in [1.807, 2.05) is 0 Å². The van der Waals surface area contributed by atoms with Crippen LogP contribution in [0.4, 0.5) is 17.1 Å². The summed E-state index contributed by atoms with van der Waals surface area (Å²) >= 11 is 0. The van der Waals surface area contributed by atoms with E-state index < -0.39 is 0 Å². The van der Waals surface area contributed by atoms with Gasteiger partial charge in [-0.15, -0.1) is 0 Å². The van der Waals surface area contributed by atoms with Crippen LogP contribution in [0.25, 0.3) is 55.3 Å². The zero-order valence-electron chi connectivity index (χ0n) is 33.0. The summed E-state index contributed by atoms with van der Waals surface area (Å²) < 4.78 is 0. The molecule has 0 aliphatic heterocycles. The van der Waals surface area contributed by atoms with Gasteiger partial charge < -0.3 is 4.90 Å². The Morgan fingerprint density at radius 3 is 1.32 bits per heavy atom. The lowest BCUT2D eigenvalue weighted by atomic mass is 9.80. The normalized spacial score (nSPS) is 15.8. The highest BCUT2D eigenvalue weighted by Crippen LogP contribution is 2.56. The van der Waals surface area contributed by atoms with Gasteiger partial charge >= 0.3 is 0 Å². The number of anilines is 3. The van der Waals surface area contributed by atoms with E-state index in [1.54, 1.807) is 0 Å². The molecule has 0 unspecified atom stereocenters. The van der Waals surface area contributed by atoms with Gasteiger partial charge in [-0.3, -0.25) is 0 Å². The zero-order chi connectivity index (χ0) is 38.1. The Morgan fingerprint density at radius 2 is 0.750 bits per heavy atom. The molecule has 0 amide bonds. The molecule has 11 rings (SSSR count). The first-order valence-electron chi connectivity index (χ1n) is 20.1. The second-order valence-corrected chi connectivity index (χ2v) is 17.7. The van der Waals surface area contributed by atoms with Crippen LogP contribution in [0.15, 0.2) is 164 Å². The van der Waals surface area contributed by atoms with Gasteiger partial charge in [0.25, 0.3) is 0 Å². The van der Waals surface area contributed by atoms with E-state index in [1.165, 1.54) is 100 Å². The molecule has 0 saturated heterocycles. The Morgan fingerprint density at radius 1 is 0.321 bits per heavy atom. The Labute approximate surface area is 330 Å². The maximum atomic E-state index is 2.48. The average Bonchev–Trinajstić information content (AvgIpc) is 3.70. The number of rotatable bonds is 4. The van der Waals surface area contributed by atoms with Gasteiger partial charge in [-0.2, -0.15) is 0 Å². The van der Waals surface area contributed by atoms with Crippen molar-refractivity contribution < 1.29 is 0 Å². The number of benzene rings is 8. The minimum Gasteiger partial charge on any atom is -0.310 e. The van der Waals surface area contributed by atoms with E-state index in [-0.39, 0.29) is 16.2 Å². The standard InChI is InChI=1S/C55H45N/c1-53(2)45-20-12-9-17-40(45)42-29-27-37(32-48(42)53)56(38-28-30-43-41-18-10-13-21-46(41)54(3,4)49(43)33-38)36-25-23-34(24-26-36)51-39-16-8-7-15-35(39)31-50-52(51)44-19-11-14-22-47(44)55(50,5)6/h7-33H,1-6H3. The fourth-order valence-corrected chi connectivity index (χ4v) is 10.7. The molecule has 3 aliphatic carbocycles. The van der Waals surface area contributed by atoms with Crippen LogP contribution < -0.4 is 4.90 Å². The van der Waals surface area contributed by atoms with Gasteiger partial charge in [-0.05, 0) is 131 Å². The number of nitrogens with zero attached hydrogens (tertiary/aromatic N) is 1. The van der Waals surface area contributed by atoms with Crippen molar-refractivity contribution in [2.45, 2.75) is 57.8 Å². The van der Waals surface area contributed by atoms with Crippen molar-refractivity contribution in [3.05, 3.63) is 197 Å². The molecule has 0 aromatic heterocycles. The van der Waals surface area contributed by atoms with E-state index in [0.29, 0.717) is 0 Å². The summed E-state index contributed by atoms with van der Waals surface area (Å²) in [6, 6.07) is 61.9. The third-order valence-corrected chi connectivity index (χ3v) is 13.7. The minimum atomic E-state index is -0.0994. The molecule has 0 heterocycles. The Hall–Kier alpha value is -6.18. The van der Waals surface area contributed by atoms with E-state index in [4.69, 9.17) is 0 Å². The fourth-order valence-electron chi connectivity index (χ4n) is 10.7. The Balaban J connectivity index is 1.10. The second-order valence-electron chi connectivity index (χ2n) is 17.7. The lowest BCUT2D eigenvalue weighted by Gasteiger charge is -2.30. The summed E-state index contributed by atoms with van der Waals surface area (Å²) in [6.45, 7) is 14.2. The molecule has 56 heavy (non-hydrogen) atoms. The van der Waals surface area contributed by atoms with Gasteiger partial charge in [-0.25, -0.2) is 0 Å². The van der Waals surface area contributed by atoms with E-state index in [9.17, 15) is 0 Å². The van der Waals surface area contributed by atoms with Crippen LogP contribution in [0.2, 0.25) is 0 Å². The molecule has 0 radical (unpaired) electrons. The largest absolute Gasteiger partial charge is 0.310 e. The number of fused-ring (bicyclic) bond motifs is 10. The summed E-state index contributed by atoms with van der Waals surface area (Å²) in [4.78, 5) is 2.48. The van der Waals surface area contributed by atoms with Crippen molar-refractivity contribution in [2.75, 3.05) is 4.90 Å². The zero-order valence-corrected chi connectivity index (χ0v) is 33.0. The molecule has 0 fully saturated rings. The third-order valence-electron chi connectivity index (χ3n) is 13.7. The van der Waals surface area contributed by atoms with E-state index in [0.717, 1.165) is 5.69 Å². The van der Waals surface area contributed by atoms with Gasteiger partial charge in [0.1, 0.15) is 0 Å². The van der Waals surface area contributed by atoms with Crippen molar-refractivity contribution in [2.24, 2.45) is 0 Å². The molecule has 3 aliphatic rings. The molecule has 1 nitrogen and oxygen atoms in total. The molecule has 1 heteroatoms. The Kier molecular flexibility index (Phi) is 6.77. The highest BCUT2D eigenvalue weighted by molar-refractivity contribution is 6.08. The molecule has 0 N–H and O–H groups in total. The van der Waals surface area contributed by atoms with Gasteiger partial charge in [0.2, 0.25) is 0 Å². The molecule has 8 aromatic rings. The van der Waals surface area contributed by atoms with Crippen LogP contribution in [-0.2, 0) is 16.2 Å². The first-order chi connectivity index (χ1) is 27.0. The van der Waals surface area contributed by atoms with Crippen LogP contribution in [0.3, 0.4) is 0 Å². The molecule has 0 spiro atoms. The lowest BCUT2D eigenvalue weighted by Crippen LogP contribution is -2.18. The lowest BCUT2D eigenvalue weighted by molar-refractivity contribution is 0.660. The topological polar surface area (TPSA) is 3.24 Å². The quantitative estimate of drug-likeness (QED) is 0.175. The van der Waals surface area contributed by atoms with Crippen LogP contribution in [0.1, 0.15) is 74.9 Å². The molecule has 0 atom stereocenters. The molecular formula is C55H45N. The summed E-state index contributed by atoms with van der Waals surface area (Å²) in [5, 5.41) is 2.58. The maximum absolute atomic E-state index is 2.48. The van der Waals surface area contributed by atoms with Crippen molar-refractivity contribution in [3.8, 4) is 44.5 Å². The number of hydrogen-bond donors (Lipinski definition) is 0. The van der Waals surface area contributed by atoms with Crippen molar-refractivity contribution in [1.29, 1.82) is 0 Å². The van der Waals surface area contributed by atoms with Gasteiger partial charge in [0.15, 0.2) is 0 Å². The maximum Gasteiger partial charge on any atom is 0.0465 e. The van der Waals surface area contributed by atoms with E-state index >= 15 is 0 Å². The van der Waals surface area contributed by atoms with Crippen molar-refractivity contribution in [1.82, 2.24) is 0 Å². The summed E-state index contributed by atoms with van der Waals surface area (Å²) in [6.07, 6.45) is 0. The summed E-state index contributed by atoms with van der Waals surface area (Å²) in [5.74, 6) is 0. The second kappa shape index (κ2) is 11.4. The Bertz CT molecular complexity index is 2830. The van der Waals surface area contributed by atoms with Gasteiger partial charge in [-0.1, -0.05) is 163 Å². The molecule has 270 valence electrons. The fraction of sp³-hybridized carbons (Fsp3) is 0.164. The predicted molar refractivity (Wildman–Crippen MR) is 237 cm³/mol. The van der Waals surface area contributed by atoms with Crippen LogP contribution in [-0.4, -0.2) is 0 Å². The van der Waals surface area contributed by atoms with Crippen molar-refractivity contribution >= 4 is 27.8 Å². The minimum absolute atomic E-state index is 0.0799.